The highest BCUT2D eigenvalue weighted by Crippen LogP contribution is 2.19. The number of pyridine rings is 1. The Bertz CT molecular complexity index is 660. The Morgan fingerprint density at radius 3 is 2.84 bits per heavy atom. The number of sulfonamides is 1. The van der Waals surface area contributed by atoms with E-state index in [1.165, 1.54) is 24.8 Å². The average Bonchev–Trinajstić information content (AvgIpc) is 2.93. The van der Waals surface area contributed by atoms with Crippen molar-refractivity contribution in [3.05, 3.63) is 48.6 Å². The summed E-state index contributed by atoms with van der Waals surface area (Å²) >= 11 is 0. The Hall–Kier alpha value is -2.17. The average molecular weight is 277 g/mol. The van der Waals surface area contributed by atoms with Crippen LogP contribution in [0.25, 0.3) is 0 Å². The normalized spacial score (nSPS) is 12.8. The summed E-state index contributed by atoms with van der Waals surface area (Å²) in [5.74, 6) is 0. The van der Waals surface area contributed by atoms with Crippen LogP contribution in [0, 0.1) is 11.3 Å². The monoisotopic (exact) mass is 277 g/mol. The van der Waals surface area contributed by atoms with Gasteiger partial charge in [-0.2, -0.15) is 5.26 Å². The van der Waals surface area contributed by atoms with Gasteiger partial charge >= 0.3 is 0 Å². The van der Waals surface area contributed by atoms with Gasteiger partial charge in [-0.1, -0.05) is 6.07 Å². The molecule has 0 spiro atoms. The molecule has 2 heterocycles. The lowest BCUT2D eigenvalue weighted by molar-refractivity contribution is 0.541. The molecule has 98 valence electrons. The molecule has 0 aliphatic heterocycles. The minimum Gasteiger partial charge on any atom is -0.472 e. The maximum absolute atomic E-state index is 12.1. The molecule has 19 heavy (non-hydrogen) atoms. The van der Waals surface area contributed by atoms with Crippen molar-refractivity contribution in [2.75, 3.05) is 0 Å². The summed E-state index contributed by atoms with van der Waals surface area (Å²) < 4.78 is 31.5. The Morgan fingerprint density at radius 2 is 2.26 bits per heavy atom. The van der Waals surface area contributed by atoms with Crippen LogP contribution in [0.5, 0.6) is 0 Å². The molecule has 6 nitrogen and oxygen atoms in total. The molecule has 0 radical (unpaired) electrons. The topological polar surface area (TPSA) is 96.0 Å². The maximum atomic E-state index is 12.1. The first-order valence-electron chi connectivity index (χ1n) is 5.46. The molecular formula is C12H11N3O3S. The van der Waals surface area contributed by atoms with Gasteiger partial charge in [0.2, 0.25) is 0 Å². The van der Waals surface area contributed by atoms with E-state index in [-0.39, 0.29) is 11.4 Å². The van der Waals surface area contributed by atoms with Crippen molar-refractivity contribution in [1.82, 2.24) is 9.71 Å². The third-order valence-corrected chi connectivity index (χ3v) is 3.84. The Labute approximate surface area is 110 Å². The van der Waals surface area contributed by atoms with Crippen LogP contribution in [-0.2, 0) is 10.0 Å². The van der Waals surface area contributed by atoms with Gasteiger partial charge in [-0.3, -0.25) is 0 Å². The molecule has 2 aromatic rings. The van der Waals surface area contributed by atoms with Crippen molar-refractivity contribution >= 4 is 10.0 Å². The van der Waals surface area contributed by atoms with Crippen LogP contribution >= 0.6 is 0 Å². The van der Waals surface area contributed by atoms with Crippen molar-refractivity contribution in [1.29, 1.82) is 5.26 Å². The molecule has 7 heteroatoms. The van der Waals surface area contributed by atoms with E-state index in [9.17, 15) is 8.42 Å². The summed E-state index contributed by atoms with van der Waals surface area (Å²) in [5, 5.41) is 8.69. The first-order chi connectivity index (χ1) is 9.13. The molecular weight excluding hydrogens is 266 g/mol. The largest absolute Gasteiger partial charge is 0.472 e. The van der Waals surface area contributed by atoms with Crippen LogP contribution in [0.15, 0.2) is 52.4 Å². The lowest BCUT2D eigenvalue weighted by Gasteiger charge is -2.13. The summed E-state index contributed by atoms with van der Waals surface area (Å²) in [6.45, 7) is 0. The van der Waals surface area contributed by atoms with Gasteiger partial charge in [-0.15, -0.1) is 0 Å². The van der Waals surface area contributed by atoms with E-state index in [4.69, 9.17) is 9.68 Å². The van der Waals surface area contributed by atoms with Crippen molar-refractivity contribution < 1.29 is 12.8 Å². The van der Waals surface area contributed by atoms with Crippen LogP contribution in [-0.4, -0.2) is 13.4 Å². The fraction of sp³-hybridized carbons (Fsp3) is 0.167. The molecule has 1 unspecified atom stereocenters. The third-order valence-electron chi connectivity index (χ3n) is 2.45. The van der Waals surface area contributed by atoms with E-state index < -0.39 is 16.1 Å². The molecule has 1 atom stereocenters. The number of rotatable bonds is 5. The van der Waals surface area contributed by atoms with Crippen molar-refractivity contribution in [2.45, 2.75) is 17.5 Å². The minimum atomic E-state index is -3.76. The lowest BCUT2D eigenvalue weighted by atomic mass is 10.1. The van der Waals surface area contributed by atoms with Crippen molar-refractivity contribution in [3.8, 4) is 6.07 Å². The molecule has 2 rings (SSSR count). The third kappa shape index (κ3) is 3.19. The summed E-state index contributed by atoms with van der Waals surface area (Å²) in [7, 11) is -3.76. The fourth-order valence-electron chi connectivity index (χ4n) is 1.55. The first-order valence-corrected chi connectivity index (χ1v) is 6.94. The SMILES string of the molecule is N#CCC(NS(=O)(=O)c1ccccn1)c1ccoc1. The molecule has 0 fully saturated rings. The Balaban J connectivity index is 2.25. The number of nitrogens with zero attached hydrogens (tertiary/aromatic N) is 2. The molecule has 0 bridgehead atoms. The number of nitriles is 1. The second-order valence-corrected chi connectivity index (χ2v) is 5.42. The van der Waals surface area contributed by atoms with Crippen molar-refractivity contribution in [3.63, 3.8) is 0 Å². The Kier molecular flexibility index (Phi) is 3.94. The van der Waals surface area contributed by atoms with Gasteiger partial charge in [0.1, 0.15) is 0 Å². The van der Waals surface area contributed by atoms with Gasteiger partial charge < -0.3 is 4.42 Å². The second kappa shape index (κ2) is 5.65. The van der Waals surface area contributed by atoms with Crippen LogP contribution < -0.4 is 4.72 Å². The number of furan rings is 1. The molecule has 0 amide bonds. The summed E-state index contributed by atoms with van der Waals surface area (Å²) in [5.41, 5.74) is 0.598. The van der Waals surface area contributed by atoms with Crippen LogP contribution in [0.3, 0.4) is 0 Å². The fourth-order valence-corrected chi connectivity index (χ4v) is 2.72. The van der Waals surface area contributed by atoms with Crippen molar-refractivity contribution in [2.24, 2.45) is 0 Å². The number of aromatic nitrogens is 1. The van der Waals surface area contributed by atoms with Gasteiger partial charge in [0.25, 0.3) is 10.0 Å². The van der Waals surface area contributed by atoms with E-state index in [0.717, 1.165) is 0 Å². The van der Waals surface area contributed by atoms with E-state index in [2.05, 4.69) is 9.71 Å². The maximum Gasteiger partial charge on any atom is 0.258 e. The van der Waals surface area contributed by atoms with Gasteiger partial charge in [0.05, 0.1) is 31.1 Å². The van der Waals surface area contributed by atoms with Crippen LogP contribution in [0.1, 0.15) is 18.0 Å². The van der Waals surface area contributed by atoms with Gasteiger partial charge in [0, 0.05) is 11.8 Å². The predicted octanol–water partition coefficient (Wildman–Crippen LogP) is 1.61. The van der Waals surface area contributed by atoms with Crippen LogP contribution in [0.4, 0.5) is 0 Å². The molecule has 0 aliphatic rings. The highest BCUT2D eigenvalue weighted by molar-refractivity contribution is 7.89. The number of nitrogens with one attached hydrogen (secondary N) is 1. The molecule has 0 aromatic carbocycles. The standard InChI is InChI=1S/C12H11N3O3S/c13-6-4-11(10-5-8-18-9-10)15-19(16,17)12-3-1-2-7-14-12/h1-3,5,7-9,11,15H,4H2. The van der Waals surface area contributed by atoms with Crippen LogP contribution in [0.2, 0.25) is 0 Å². The summed E-state index contributed by atoms with van der Waals surface area (Å²) in [6.07, 6.45) is 4.23. The predicted molar refractivity (Wildman–Crippen MR) is 66.2 cm³/mol. The van der Waals surface area contributed by atoms with E-state index in [1.54, 1.807) is 18.2 Å². The summed E-state index contributed by atoms with van der Waals surface area (Å²) in [6, 6.07) is 7.50. The highest BCUT2D eigenvalue weighted by atomic mass is 32.2. The van der Waals surface area contributed by atoms with Gasteiger partial charge in [0.15, 0.2) is 5.03 Å². The molecule has 0 saturated carbocycles. The van der Waals surface area contributed by atoms with E-state index in [0.29, 0.717) is 5.56 Å². The van der Waals surface area contributed by atoms with Gasteiger partial charge in [-0.05, 0) is 18.2 Å². The molecule has 1 N–H and O–H groups in total. The second-order valence-electron chi connectivity index (χ2n) is 3.76. The molecule has 2 aromatic heterocycles. The summed E-state index contributed by atoms with van der Waals surface area (Å²) in [4.78, 5) is 3.79. The zero-order valence-electron chi connectivity index (χ0n) is 9.85. The number of hydrogen-bond donors (Lipinski definition) is 1. The highest BCUT2D eigenvalue weighted by Gasteiger charge is 2.22. The Morgan fingerprint density at radius 1 is 1.42 bits per heavy atom. The minimum absolute atomic E-state index is 0.00555. The molecule has 0 aliphatic carbocycles. The number of hydrogen-bond acceptors (Lipinski definition) is 5. The zero-order valence-corrected chi connectivity index (χ0v) is 10.7. The van der Waals surface area contributed by atoms with E-state index in [1.807, 2.05) is 6.07 Å². The molecule has 0 saturated heterocycles. The first kappa shape index (κ1) is 13.3. The van der Waals surface area contributed by atoms with Gasteiger partial charge in [-0.25, -0.2) is 18.1 Å². The smallest absolute Gasteiger partial charge is 0.258 e. The lowest BCUT2D eigenvalue weighted by Crippen LogP contribution is -2.28. The quantitative estimate of drug-likeness (QED) is 0.895. The zero-order chi connectivity index (χ0) is 13.7. The van der Waals surface area contributed by atoms with E-state index >= 15 is 0 Å².